The first kappa shape index (κ1) is 7.95. The molecular formula is C7H5Cl2N3. The van der Waals surface area contributed by atoms with Crippen LogP contribution in [0.2, 0.25) is 10.4 Å². The number of rotatable bonds is 0. The van der Waals surface area contributed by atoms with E-state index in [2.05, 4.69) is 15.0 Å². The molecule has 0 saturated heterocycles. The third-order valence-corrected chi connectivity index (χ3v) is 2.11. The highest BCUT2D eigenvalue weighted by Gasteiger charge is 2.12. The molecule has 3 nitrogen and oxygen atoms in total. The monoisotopic (exact) mass is 201 g/mol. The van der Waals surface area contributed by atoms with E-state index in [-0.39, 0.29) is 5.28 Å². The van der Waals surface area contributed by atoms with Gasteiger partial charge in [0.1, 0.15) is 5.15 Å². The molecule has 0 atom stereocenters. The molecule has 0 fully saturated rings. The maximum atomic E-state index is 5.82. The summed E-state index contributed by atoms with van der Waals surface area (Å²) < 4.78 is 0. The molecule has 0 aliphatic carbocycles. The van der Waals surface area contributed by atoms with Crippen LogP contribution in [0.3, 0.4) is 0 Å². The molecule has 1 aliphatic heterocycles. The van der Waals surface area contributed by atoms with Gasteiger partial charge in [-0.25, -0.2) is 9.97 Å². The zero-order valence-corrected chi connectivity index (χ0v) is 7.60. The van der Waals surface area contributed by atoms with Gasteiger partial charge in [0.2, 0.25) is 5.28 Å². The zero-order chi connectivity index (χ0) is 8.55. The lowest BCUT2D eigenvalue weighted by molar-refractivity contribution is 0.891. The lowest BCUT2D eigenvalue weighted by Crippen LogP contribution is -2.07. The standard InChI is InChI=1S/C7H5Cl2N3/c8-6-4-3-10-2-1-5(4)11-7(9)12-6/h3H,1-2H2. The molecule has 12 heavy (non-hydrogen) atoms. The van der Waals surface area contributed by atoms with Gasteiger partial charge in [0, 0.05) is 19.2 Å². The molecule has 0 radical (unpaired) electrons. The Hall–Kier alpha value is -0.670. The summed E-state index contributed by atoms with van der Waals surface area (Å²) in [5, 5.41) is 0.586. The van der Waals surface area contributed by atoms with Crippen LogP contribution in [-0.4, -0.2) is 22.7 Å². The Balaban J connectivity index is 2.62. The van der Waals surface area contributed by atoms with E-state index in [4.69, 9.17) is 23.2 Å². The number of hydrogen-bond acceptors (Lipinski definition) is 3. The number of nitrogens with zero attached hydrogens (tertiary/aromatic N) is 3. The van der Waals surface area contributed by atoms with E-state index < -0.39 is 0 Å². The summed E-state index contributed by atoms with van der Waals surface area (Å²) in [6.07, 6.45) is 2.48. The van der Waals surface area contributed by atoms with Crippen LogP contribution in [0.15, 0.2) is 4.99 Å². The van der Waals surface area contributed by atoms with Crippen LogP contribution in [0, 0.1) is 0 Å². The second kappa shape index (κ2) is 2.99. The van der Waals surface area contributed by atoms with Crippen molar-refractivity contribution in [1.82, 2.24) is 9.97 Å². The Morgan fingerprint density at radius 3 is 2.92 bits per heavy atom. The predicted octanol–water partition coefficient (Wildman–Crippen LogP) is 1.76. The smallest absolute Gasteiger partial charge is 0.224 e. The Morgan fingerprint density at radius 1 is 1.25 bits per heavy atom. The van der Waals surface area contributed by atoms with Crippen LogP contribution < -0.4 is 0 Å². The van der Waals surface area contributed by atoms with Crippen LogP contribution in [0.5, 0.6) is 0 Å². The fourth-order valence-corrected chi connectivity index (χ4v) is 1.57. The third-order valence-electron chi connectivity index (χ3n) is 1.65. The summed E-state index contributed by atoms with van der Waals surface area (Å²) in [6, 6.07) is 0. The van der Waals surface area contributed by atoms with Gasteiger partial charge in [-0.15, -0.1) is 0 Å². The van der Waals surface area contributed by atoms with E-state index in [1.54, 1.807) is 6.21 Å². The molecule has 1 aromatic heterocycles. The molecule has 62 valence electrons. The highest BCUT2D eigenvalue weighted by Crippen LogP contribution is 2.19. The molecule has 0 aromatic carbocycles. The zero-order valence-electron chi connectivity index (χ0n) is 6.09. The average molecular weight is 202 g/mol. The largest absolute Gasteiger partial charge is 0.292 e. The number of halogens is 2. The summed E-state index contributed by atoms with van der Waals surface area (Å²) in [5.41, 5.74) is 1.68. The van der Waals surface area contributed by atoms with Crippen molar-refractivity contribution in [3.63, 3.8) is 0 Å². The number of hydrogen-bond donors (Lipinski definition) is 0. The first-order valence-corrected chi connectivity index (χ1v) is 4.24. The maximum absolute atomic E-state index is 5.82. The fourth-order valence-electron chi connectivity index (χ4n) is 1.10. The quantitative estimate of drug-likeness (QED) is 0.474. The maximum Gasteiger partial charge on any atom is 0.224 e. The lowest BCUT2D eigenvalue weighted by atomic mass is 10.1. The number of aromatic nitrogens is 2. The van der Waals surface area contributed by atoms with E-state index >= 15 is 0 Å². The third kappa shape index (κ3) is 1.30. The molecule has 0 unspecified atom stereocenters. The van der Waals surface area contributed by atoms with Gasteiger partial charge in [0.15, 0.2) is 0 Å². The van der Waals surface area contributed by atoms with E-state index in [0.29, 0.717) is 5.15 Å². The minimum atomic E-state index is 0.203. The van der Waals surface area contributed by atoms with E-state index in [9.17, 15) is 0 Å². The fraction of sp³-hybridized carbons (Fsp3) is 0.286. The number of aliphatic imine (C=N–C) groups is 1. The molecule has 2 heterocycles. The summed E-state index contributed by atoms with van der Waals surface area (Å²) in [5.74, 6) is 0. The van der Waals surface area contributed by atoms with Gasteiger partial charge >= 0.3 is 0 Å². The van der Waals surface area contributed by atoms with Crippen molar-refractivity contribution in [2.45, 2.75) is 6.42 Å². The van der Waals surface area contributed by atoms with Crippen molar-refractivity contribution in [1.29, 1.82) is 0 Å². The van der Waals surface area contributed by atoms with Crippen molar-refractivity contribution in [3.8, 4) is 0 Å². The molecule has 0 bridgehead atoms. The van der Waals surface area contributed by atoms with Crippen molar-refractivity contribution in [3.05, 3.63) is 21.7 Å². The van der Waals surface area contributed by atoms with E-state index in [1.807, 2.05) is 0 Å². The van der Waals surface area contributed by atoms with Crippen molar-refractivity contribution < 1.29 is 0 Å². The predicted molar refractivity (Wildman–Crippen MR) is 48.2 cm³/mol. The van der Waals surface area contributed by atoms with Crippen LogP contribution in [0.25, 0.3) is 0 Å². The van der Waals surface area contributed by atoms with Crippen molar-refractivity contribution in [2.75, 3.05) is 6.54 Å². The van der Waals surface area contributed by atoms with Crippen molar-refractivity contribution in [2.24, 2.45) is 4.99 Å². The second-order valence-corrected chi connectivity index (χ2v) is 3.13. The first-order chi connectivity index (χ1) is 5.77. The highest BCUT2D eigenvalue weighted by molar-refractivity contribution is 6.33. The van der Waals surface area contributed by atoms with Gasteiger partial charge in [-0.1, -0.05) is 11.6 Å². The molecular weight excluding hydrogens is 197 g/mol. The van der Waals surface area contributed by atoms with Crippen molar-refractivity contribution >= 4 is 29.4 Å². The molecule has 0 N–H and O–H groups in total. The molecule has 1 aliphatic rings. The van der Waals surface area contributed by atoms with Gasteiger partial charge in [0.25, 0.3) is 0 Å². The Bertz CT molecular complexity index is 349. The Kier molecular flexibility index (Phi) is 1.98. The molecule has 2 rings (SSSR count). The van der Waals surface area contributed by atoms with Gasteiger partial charge < -0.3 is 0 Å². The highest BCUT2D eigenvalue weighted by atomic mass is 35.5. The summed E-state index contributed by atoms with van der Waals surface area (Å²) in [4.78, 5) is 11.9. The summed E-state index contributed by atoms with van der Waals surface area (Å²) >= 11 is 11.5. The SMILES string of the molecule is Clc1nc(Cl)c2c(n1)CCN=C2. The van der Waals surface area contributed by atoms with Gasteiger partial charge in [-0.2, -0.15) is 0 Å². The second-order valence-electron chi connectivity index (χ2n) is 2.43. The Morgan fingerprint density at radius 2 is 2.08 bits per heavy atom. The first-order valence-electron chi connectivity index (χ1n) is 3.49. The normalized spacial score (nSPS) is 14.5. The summed E-state index contributed by atoms with van der Waals surface area (Å²) in [6.45, 7) is 0.747. The van der Waals surface area contributed by atoms with Gasteiger partial charge in [0.05, 0.1) is 11.3 Å². The average Bonchev–Trinajstić information content (AvgIpc) is 2.04. The topological polar surface area (TPSA) is 38.1 Å². The van der Waals surface area contributed by atoms with Gasteiger partial charge in [-0.3, -0.25) is 4.99 Å². The Labute approximate surface area is 79.5 Å². The molecule has 0 saturated carbocycles. The summed E-state index contributed by atoms with van der Waals surface area (Å²) in [7, 11) is 0. The van der Waals surface area contributed by atoms with Crippen LogP contribution >= 0.6 is 23.2 Å². The number of fused-ring (bicyclic) bond motifs is 1. The molecule has 0 amide bonds. The van der Waals surface area contributed by atoms with Crippen LogP contribution in [-0.2, 0) is 6.42 Å². The van der Waals surface area contributed by atoms with Crippen LogP contribution in [0.1, 0.15) is 11.3 Å². The van der Waals surface area contributed by atoms with E-state index in [0.717, 1.165) is 24.2 Å². The minimum Gasteiger partial charge on any atom is -0.292 e. The van der Waals surface area contributed by atoms with E-state index in [1.165, 1.54) is 0 Å². The lowest BCUT2D eigenvalue weighted by Gasteiger charge is -2.09. The van der Waals surface area contributed by atoms with Crippen LogP contribution in [0.4, 0.5) is 0 Å². The molecule has 5 heteroatoms. The minimum absolute atomic E-state index is 0.203. The molecule has 1 aromatic rings. The van der Waals surface area contributed by atoms with Gasteiger partial charge in [-0.05, 0) is 11.6 Å². The molecule has 0 spiro atoms.